The lowest BCUT2D eigenvalue weighted by atomic mass is 9.97. The van der Waals surface area contributed by atoms with Gasteiger partial charge in [0.15, 0.2) is 0 Å². The highest BCUT2D eigenvalue weighted by Gasteiger charge is 2.35. The highest BCUT2D eigenvalue weighted by atomic mass is 32.2. The number of hydrogen-bond acceptors (Lipinski definition) is 4. The third kappa shape index (κ3) is 3.90. The van der Waals surface area contributed by atoms with Gasteiger partial charge in [-0.3, -0.25) is 4.79 Å². The van der Waals surface area contributed by atoms with Crippen molar-refractivity contribution in [2.45, 2.75) is 37.5 Å². The SMILES string of the molecule is CSC1(C#N)CCN(C(=O)COC(C)C)CC1. The van der Waals surface area contributed by atoms with Gasteiger partial charge in [-0.2, -0.15) is 5.26 Å². The van der Waals surface area contributed by atoms with E-state index in [0.717, 1.165) is 12.8 Å². The average molecular weight is 256 g/mol. The molecule has 1 aliphatic heterocycles. The van der Waals surface area contributed by atoms with E-state index >= 15 is 0 Å². The van der Waals surface area contributed by atoms with E-state index in [1.165, 1.54) is 0 Å². The predicted molar refractivity (Wildman–Crippen MR) is 68.8 cm³/mol. The first kappa shape index (κ1) is 14.3. The summed E-state index contributed by atoms with van der Waals surface area (Å²) in [5.41, 5.74) is 0. The molecule has 0 aromatic carbocycles. The molecule has 0 bridgehead atoms. The fourth-order valence-corrected chi connectivity index (χ4v) is 2.49. The summed E-state index contributed by atoms with van der Waals surface area (Å²) in [5.74, 6) is 0.0337. The van der Waals surface area contributed by atoms with Gasteiger partial charge in [0.05, 0.1) is 12.2 Å². The molecule has 1 heterocycles. The molecule has 0 saturated carbocycles. The number of amides is 1. The molecule has 0 aliphatic carbocycles. The molecule has 1 aliphatic rings. The van der Waals surface area contributed by atoms with Crippen LogP contribution >= 0.6 is 11.8 Å². The van der Waals surface area contributed by atoms with Crippen LogP contribution in [0.15, 0.2) is 0 Å². The molecule has 0 unspecified atom stereocenters. The maximum atomic E-state index is 11.8. The summed E-state index contributed by atoms with van der Waals surface area (Å²) in [7, 11) is 0. The second kappa shape index (κ2) is 6.27. The minimum Gasteiger partial charge on any atom is -0.369 e. The number of thioether (sulfide) groups is 1. The topological polar surface area (TPSA) is 53.3 Å². The normalized spacial score (nSPS) is 19.1. The van der Waals surface area contributed by atoms with Gasteiger partial charge in [-0.05, 0) is 32.9 Å². The number of nitriles is 1. The van der Waals surface area contributed by atoms with Crippen molar-refractivity contribution in [2.24, 2.45) is 0 Å². The van der Waals surface area contributed by atoms with E-state index in [0.29, 0.717) is 13.1 Å². The minimum atomic E-state index is -0.296. The molecule has 96 valence electrons. The highest BCUT2D eigenvalue weighted by molar-refractivity contribution is 8.00. The van der Waals surface area contributed by atoms with Crippen LogP contribution in [0.4, 0.5) is 0 Å². The van der Waals surface area contributed by atoms with Crippen LogP contribution in [0.1, 0.15) is 26.7 Å². The molecule has 0 radical (unpaired) electrons. The molecule has 4 nitrogen and oxygen atoms in total. The minimum absolute atomic E-state index is 0.0337. The Morgan fingerprint density at radius 3 is 2.53 bits per heavy atom. The second-order valence-electron chi connectivity index (χ2n) is 4.55. The van der Waals surface area contributed by atoms with Crippen molar-refractivity contribution in [2.75, 3.05) is 26.0 Å². The number of likely N-dealkylation sites (tertiary alicyclic amines) is 1. The van der Waals surface area contributed by atoms with Gasteiger partial charge in [0.25, 0.3) is 0 Å². The lowest BCUT2D eigenvalue weighted by molar-refractivity contribution is -0.138. The number of ether oxygens (including phenoxy) is 1. The zero-order chi connectivity index (χ0) is 12.9. The summed E-state index contributed by atoms with van der Waals surface area (Å²) in [6.07, 6.45) is 3.53. The Labute approximate surface area is 107 Å². The summed E-state index contributed by atoms with van der Waals surface area (Å²) in [6.45, 7) is 5.30. The van der Waals surface area contributed by atoms with Crippen molar-refractivity contribution in [3.63, 3.8) is 0 Å². The molecule has 1 rings (SSSR count). The Balaban J connectivity index is 2.41. The van der Waals surface area contributed by atoms with Crippen LogP contribution in [0.3, 0.4) is 0 Å². The summed E-state index contributed by atoms with van der Waals surface area (Å²) in [4.78, 5) is 13.6. The number of nitrogens with zero attached hydrogens (tertiary/aromatic N) is 2. The van der Waals surface area contributed by atoms with Crippen molar-refractivity contribution < 1.29 is 9.53 Å². The molecule has 0 aromatic rings. The van der Waals surface area contributed by atoms with Gasteiger partial charge < -0.3 is 9.64 Å². The fraction of sp³-hybridized carbons (Fsp3) is 0.833. The van der Waals surface area contributed by atoms with Crippen LogP contribution in [0.25, 0.3) is 0 Å². The number of rotatable bonds is 4. The number of piperidine rings is 1. The molecular weight excluding hydrogens is 236 g/mol. The van der Waals surface area contributed by atoms with Crippen molar-refractivity contribution in [3.05, 3.63) is 0 Å². The van der Waals surface area contributed by atoms with Crippen LogP contribution in [0, 0.1) is 11.3 Å². The van der Waals surface area contributed by atoms with Gasteiger partial charge >= 0.3 is 0 Å². The van der Waals surface area contributed by atoms with Crippen LogP contribution in [-0.2, 0) is 9.53 Å². The monoisotopic (exact) mass is 256 g/mol. The van der Waals surface area contributed by atoms with Crippen molar-refractivity contribution in [1.29, 1.82) is 5.26 Å². The van der Waals surface area contributed by atoms with Crippen LogP contribution in [-0.4, -0.2) is 47.6 Å². The maximum absolute atomic E-state index is 11.8. The summed E-state index contributed by atoms with van der Waals surface area (Å²) < 4.78 is 5.00. The Morgan fingerprint density at radius 2 is 2.12 bits per heavy atom. The van der Waals surface area contributed by atoms with E-state index in [-0.39, 0.29) is 23.4 Å². The lowest BCUT2D eigenvalue weighted by Crippen LogP contribution is -2.45. The standard InChI is InChI=1S/C12H20N2O2S/c1-10(2)16-8-11(15)14-6-4-12(9-13,17-3)5-7-14/h10H,4-8H2,1-3H3. The first-order chi connectivity index (χ1) is 8.03. The molecule has 1 fully saturated rings. The van der Waals surface area contributed by atoms with Gasteiger partial charge in [0, 0.05) is 13.1 Å². The number of carbonyl (C=O) groups is 1. The van der Waals surface area contributed by atoms with Crippen LogP contribution in [0.2, 0.25) is 0 Å². The maximum Gasteiger partial charge on any atom is 0.248 e. The summed E-state index contributed by atoms with van der Waals surface area (Å²) in [5, 5.41) is 9.14. The van der Waals surface area contributed by atoms with E-state index in [1.54, 1.807) is 16.7 Å². The molecule has 0 N–H and O–H groups in total. The Bertz CT molecular complexity index is 304. The van der Waals surface area contributed by atoms with Gasteiger partial charge in [0.1, 0.15) is 11.4 Å². The van der Waals surface area contributed by atoms with E-state index in [9.17, 15) is 4.79 Å². The van der Waals surface area contributed by atoms with E-state index < -0.39 is 0 Å². The molecule has 0 aromatic heterocycles. The predicted octanol–water partition coefficient (Wildman–Crippen LogP) is 1.66. The zero-order valence-corrected chi connectivity index (χ0v) is 11.5. The van der Waals surface area contributed by atoms with Crippen LogP contribution < -0.4 is 0 Å². The van der Waals surface area contributed by atoms with Crippen molar-refractivity contribution >= 4 is 17.7 Å². The van der Waals surface area contributed by atoms with E-state index in [2.05, 4.69) is 6.07 Å². The third-order valence-electron chi connectivity index (χ3n) is 3.06. The zero-order valence-electron chi connectivity index (χ0n) is 10.7. The Morgan fingerprint density at radius 1 is 1.53 bits per heavy atom. The smallest absolute Gasteiger partial charge is 0.248 e. The molecule has 5 heteroatoms. The lowest BCUT2D eigenvalue weighted by Gasteiger charge is -2.36. The van der Waals surface area contributed by atoms with E-state index in [4.69, 9.17) is 10.00 Å². The van der Waals surface area contributed by atoms with Gasteiger partial charge in [-0.1, -0.05) is 0 Å². The van der Waals surface area contributed by atoms with Gasteiger partial charge in [-0.25, -0.2) is 0 Å². The molecule has 17 heavy (non-hydrogen) atoms. The molecule has 1 amide bonds. The molecular formula is C12H20N2O2S. The highest BCUT2D eigenvalue weighted by Crippen LogP contribution is 2.33. The number of hydrogen-bond donors (Lipinski definition) is 0. The quantitative estimate of drug-likeness (QED) is 0.767. The Kier molecular flexibility index (Phi) is 5.29. The molecule has 1 saturated heterocycles. The number of carbonyl (C=O) groups excluding carboxylic acids is 1. The second-order valence-corrected chi connectivity index (χ2v) is 5.74. The van der Waals surface area contributed by atoms with Crippen LogP contribution in [0.5, 0.6) is 0 Å². The van der Waals surface area contributed by atoms with E-state index in [1.807, 2.05) is 20.1 Å². The van der Waals surface area contributed by atoms with Crippen molar-refractivity contribution in [3.8, 4) is 6.07 Å². The molecule has 0 spiro atoms. The Hall–Kier alpha value is -0.730. The first-order valence-electron chi connectivity index (χ1n) is 5.89. The van der Waals surface area contributed by atoms with Crippen molar-refractivity contribution in [1.82, 2.24) is 4.90 Å². The van der Waals surface area contributed by atoms with Gasteiger partial charge in [-0.15, -0.1) is 11.8 Å². The third-order valence-corrected chi connectivity index (χ3v) is 4.34. The van der Waals surface area contributed by atoms with Gasteiger partial charge in [0.2, 0.25) is 5.91 Å². The largest absolute Gasteiger partial charge is 0.369 e. The average Bonchev–Trinajstić information content (AvgIpc) is 2.36. The summed E-state index contributed by atoms with van der Waals surface area (Å²) in [6, 6.07) is 2.37. The summed E-state index contributed by atoms with van der Waals surface area (Å²) >= 11 is 1.59. The fourth-order valence-electron chi connectivity index (χ4n) is 1.81. The first-order valence-corrected chi connectivity index (χ1v) is 7.11. The molecule has 0 atom stereocenters.